The van der Waals surface area contributed by atoms with Crippen LogP contribution in [0.3, 0.4) is 0 Å². The Morgan fingerprint density at radius 3 is 2.63 bits per heavy atom. The van der Waals surface area contributed by atoms with Gasteiger partial charge < -0.3 is 4.90 Å². The lowest BCUT2D eigenvalue weighted by atomic mass is 10.2. The first kappa shape index (κ1) is 21.1. The Labute approximate surface area is 175 Å². The molecule has 0 unspecified atom stereocenters. The van der Waals surface area contributed by atoms with Gasteiger partial charge in [0.15, 0.2) is 5.69 Å². The number of carbonyl (C=O) groups excluding carboxylic acids is 1. The molecule has 0 saturated heterocycles. The molecule has 0 aliphatic carbocycles. The molecule has 0 saturated carbocycles. The Morgan fingerprint density at radius 1 is 1.27 bits per heavy atom. The van der Waals surface area contributed by atoms with Crippen molar-refractivity contribution in [2.45, 2.75) is 13.5 Å². The van der Waals surface area contributed by atoms with Gasteiger partial charge in [0.05, 0.1) is 11.5 Å². The van der Waals surface area contributed by atoms with E-state index < -0.39 is 27.8 Å². The monoisotopic (exact) mass is 430 g/mol. The summed E-state index contributed by atoms with van der Waals surface area (Å²) >= 11 is 6.01. The van der Waals surface area contributed by atoms with Crippen LogP contribution in [-0.2, 0) is 6.54 Å². The van der Waals surface area contributed by atoms with E-state index in [0.29, 0.717) is 5.69 Å². The molecule has 0 bridgehead atoms. The number of amides is 1. The molecule has 1 amide bonds. The van der Waals surface area contributed by atoms with Gasteiger partial charge in [0.25, 0.3) is 11.6 Å². The SMILES string of the molecule is Cc1cc(=O)c(C(=O)N(C)Cc2c(F)cccc2Cl)nn1-c1ccccc1[N+](=O)[O-]. The zero-order valence-corrected chi connectivity index (χ0v) is 16.8. The van der Waals surface area contributed by atoms with Crippen molar-refractivity contribution in [2.75, 3.05) is 7.05 Å². The van der Waals surface area contributed by atoms with Crippen molar-refractivity contribution >= 4 is 23.2 Å². The fourth-order valence-electron chi connectivity index (χ4n) is 2.91. The second-order valence-corrected chi connectivity index (χ2v) is 6.92. The highest BCUT2D eigenvalue weighted by Gasteiger charge is 2.23. The molecular weight excluding hydrogens is 415 g/mol. The maximum atomic E-state index is 14.0. The summed E-state index contributed by atoms with van der Waals surface area (Å²) in [4.78, 5) is 37.1. The number of para-hydroxylation sites is 2. The number of nitro benzene ring substituents is 1. The normalized spacial score (nSPS) is 10.7. The molecule has 154 valence electrons. The summed E-state index contributed by atoms with van der Waals surface area (Å²) in [6.07, 6.45) is 0. The number of aryl methyl sites for hydroxylation is 1. The molecule has 0 aliphatic rings. The highest BCUT2D eigenvalue weighted by molar-refractivity contribution is 6.31. The molecule has 3 aromatic rings. The van der Waals surface area contributed by atoms with Gasteiger partial charge in [-0.25, -0.2) is 9.07 Å². The van der Waals surface area contributed by atoms with Gasteiger partial charge in [-0.15, -0.1) is 0 Å². The van der Waals surface area contributed by atoms with E-state index in [1.54, 1.807) is 13.0 Å². The molecule has 10 heteroatoms. The zero-order chi connectivity index (χ0) is 22.0. The van der Waals surface area contributed by atoms with E-state index in [9.17, 15) is 24.1 Å². The summed E-state index contributed by atoms with van der Waals surface area (Å²) in [5, 5.41) is 15.6. The van der Waals surface area contributed by atoms with Gasteiger partial charge in [-0.2, -0.15) is 5.10 Å². The van der Waals surface area contributed by atoms with Crippen LogP contribution in [0.4, 0.5) is 10.1 Å². The molecule has 30 heavy (non-hydrogen) atoms. The second-order valence-electron chi connectivity index (χ2n) is 6.52. The van der Waals surface area contributed by atoms with Crippen molar-refractivity contribution in [1.29, 1.82) is 0 Å². The quantitative estimate of drug-likeness (QED) is 0.455. The lowest BCUT2D eigenvalue weighted by Crippen LogP contribution is -2.33. The Hall–Kier alpha value is -3.59. The second kappa shape index (κ2) is 8.42. The number of aromatic nitrogens is 2. The first-order chi connectivity index (χ1) is 14.2. The van der Waals surface area contributed by atoms with Crippen LogP contribution in [0.1, 0.15) is 21.7 Å². The molecule has 8 nitrogen and oxygen atoms in total. The standard InChI is InChI=1S/C20H16ClFN4O4/c1-12-10-18(27)19(23-25(12)16-8-3-4-9-17(16)26(29)30)20(28)24(2)11-13-14(21)6-5-7-15(13)22/h3-10H,11H2,1-2H3. The molecular formula is C20H16ClFN4O4. The lowest BCUT2D eigenvalue weighted by Gasteiger charge is -2.18. The molecule has 1 aromatic heterocycles. The average Bonchev–Trinajstić information content (AvgIpc) is 2.70. The Morgan fingerprint density at radius 2 is 1.97 bits per heavy atom. The maximum absolute atomic E-state index is 14.0. The van der Waals surface area contributed by atoms with Gasteiger partial charge in [0.2, 0.25) is 5.43 Å². The van der Waals surface area contributed by atoms with E-state index in [1.807, 2.05) is 0 Å². The summed E-state index contributed by atoms with van der Waals surface area (Å²) in [7, 11) is 1.38. The Bertz CT molecular complexity index is 1190. The first-order valence-corrected chi connectivity index (χ1v) is 9.11. The Balaban J connectivity index is 2.03. The highest BCUT2D eigenvalue weighted by atomic mass is 35.5. The number of hydrogen-bond donors (Lipinski definition) is 0. The number of hydrogen-bond acceptors (Lipinski definition) is 5. The third-order valence-corrected chi connectivity index (χ3v) is 4.77. The predicted molar refractivity (Wildman–Crippen MR) is 108 cm³/mol. The van der Waals surface area contributed by atoms with Crippen LogP contribution in [0.25, 0.3) is 5.69 Å². The average molecular weight is 431 g/mol. The molecule has 1 heterocycles. The van der Waals surface area contributed by atoms with Gasteiger partial charge in [0, 0.05) is 35.5 Å². The molecule has 0 N–H and O–H groups in total. The lowest BCUT2D eigenvalue weighted by molar-refractivity contribution is -0.384. The highest BCUT2D eigenvalue weighted by Crippen LogP contribution is 2.23. The number of rotatable bonds is 5. The van der Waals surface area contributed by atoms with Crippen molar-refractivity contribution in [1.82, 2.24) is 14.7 Å². The molecule has 0 aliphatic heterocycles. The van der Waals surface area contributed by atoms with Crippen molar-refractivity contribution in [2.24, 2.45) is 0 Å². The molecule has 0 spiro atoms. The minimum atomic E-state index is -0.772. The summed E-state index contributed by atoms with van der Waals surface area (Å²) in [6.45, 7) is 1.35. The summed E-state index contributed by atoms with van der Waals surface area (Å²) in [5.41, 5.74) is -0.824. The van der Waals surface area contributed by atoms with Gasteiger partial charge >= 0.3 is 0 Å². The van der Waals surface area contributed by atoms with E-state index in [0.717, 1.165) is 9.58 Å². The summed E-state index contributed by atoms with van der Waals surface area (Å²) in [5.74, 6) is -1.36. The van der Waals surface area contributed by atoms with E-state index >= 15 is 0 Å². The Kier molecular flexibility index (Phi) is 5.93. The van der Waals surface area contributed by atoms with Crippen LogP contribution in [0, 0.1) is 22.9 Å². The van der Waals surface area contributed by atoms with Crippen molar-refractivity contribution in [3.63, 3.8) is 0 Å². The molecule has 0 atom stereocenters. The number of nitrogens with zero attached hydrogens (tertiary/aromatic N) is 4. The van der Waals surface area contributed by atoms with E-state index in [4.69, 9.17) is 11.6 Å². The van der Waals surface area contributed by atoms with Gasteiger partial charge in [-0.05, 0) is 25.1 Å². The number of carbonyl (C=O) groups is 1. The van der Waals surface area contributed by atoms with Crippen LogP contribution in [0.15, 0.2) is 53.3 Å². The van der Waals surface area contributed by atoms with Crippen LogP contribution >= 0.6 is 11.6 Å². The molecule has 0 fully saturated rings. The predicted octanol–water partition coefficient (Wildman–Crippen LogP) is 3.51. The van der Waals surface area contributed by atoms with Crippen molar-refractivity contribution < 1.29 is 14.1 Å². The van der Waals surface area contributed by atoms with Crippen molar-refractivity contribution in [3.05, 3.63) is 96.7 Å². The van der Waals surface area contributed by atoms with Crippen molar-refractivity contribution in [3.8, 4) is 5.69 Å². The van der Waals surface area contributed by atoms with E-state index in [1.165, 1.54) is 49.5 Å². The van der Waals surface area contributed by atoms with E-state index in [-0.39, 0.29) is 28.5 Å². The molecule has 0 radical (unpaired) electrons. The summed E-state index contributed by atoms with van der Waals surface area (Å²) < 4.78 is 15.2. The maximum Gasteiger partial charge on any atom is 0.294 e. The molecule has 3 rings (SSSR count). The van der Waals surface area contributed by atoms with Crippen LogP contribution in [0.2, 0.25) is 5.02 Å². The largest absolute Gasteiger partial charge is 0.336 e. The number of halogens is 2. The first-order valence-electron chi connectivity index (χ1n) is 8.74. The zero-order valence-electron chi connectivity index (χ0n) is 16.0. The minimum Gasteiger partial charge on any atom is -0.336 e. The van der Waals surface area contributed by atoms with Gasteiger partial charge in [0.1, 0.15) is 11.5 Å². The van der Waals surface area contributed by atoms with E-state index in [2.05, 4.69) is 5.10 Å². The van der Waals surface area contributed by atoms with Crippen LogP contribution in [-0.4, -0.2) is 32.6 Å². The fraction of sp³-hybridized carbons (Fsp3) is 0.150. The van der Waals surface area contributed by atoms with Crippen LogP contribution in [0.5, 0.6) is 0 Å². The fourth-order valence-corrected chi connectivity index (χ4v) is 3.13. The minimum absolute atomic E-state index is 0.0983. The molecule has 2 aromatic carbocycles. The topological polar surface area (TPSA) is 98.3 Å². The van der Waals surface area contributed by atoms with Gasteiger partial charge in [-0.3, -0.25) is 19.7 Å². The number of nitro groups is 1. The third kappa shape index (κ3) is 4.06. The third-order valence-electron chi connectivity index (χ3n) is 4.42. The smallest absolute Gasteiger partial charge is 0.294 e. The van der Waals surface area contributed by atoms with Gasteiger partial charge in [-0.1, -0.05) is 29.8 Å². The number of benzene rings is 2. The van der Waals surface area contributed by atoms with Crippen LogP contribution < -0.4 is 5.43 Å². The summed E-state index contributed by atoms with van der Waals surface area (Å²) in [6, 6.07) is 11.1.